The quantitative estimate of drug-likeness (QED) is 0.759. The highest BCUT2D eigenvalue weighted by atomic mass is 16.5. The van der Waals surface area contributed by atoms with Crippen LogP contribution in [0, 0.1) is 11.8 Å². The SMILES string of the molecule is COc1ccc(CN2CCN(CC(=O)N[C@H]3CCC[C@@H](C)[C@H]3C)CC2)cc1OC. The summed E-state index contributed by atoms with van der Waals surface area (Å²) in [6.45, 7) is 9.79. The van der Waals surface area contributed by atoms with Crippen molar-refractivity contribution < 1.29 is 14.3 Å². The van der Waals surface area contributed by atoms with E-state index in [4.69, 9.17) is 9.47 Å². The van der Waals surface area contributed by atoms with E-state index in [2.05, 4.69) is 35.0 Å². The number of nitrogens with zero attached hydrogens (tertiary/aromatic N) is 2. The fraction of sp³-hybridized carbons (Fsp3) is 0.696. The highest BCUT2D eigenvalue weighted by Gasteiger charge is 2.28. The Morgan fingerprint density at radius 3 is 2.41 bits per heavy atom. The third-order valence-corrected chi connectivity index (χ3v) is 6.74. The van der Waals surface area contributed by atoms with Gasteiger partial charge in [-0.2, -0.15) is 0 Å². The van der Waals surface area contributed by atoms with Crippen LogP contribution in [0.2, 0.25) is 0 Å². The van der Waals surface area contributed by atoms with Gasteiger partial charge >= 0.3 is 0 Å². The van der Waals surface area contributed by atoms with Crippen molar-refractivity contribution in [3.63, 3.8) is 0 Å². The Labute approximate surface area is 175 Å². The van der Waals surface area contributed by atoms with E-state index in [0.29, 0.717) is 24.4 Å². The smallest absolute Gasteiger partial charge is 0.234 e. The van der Waals surface area contributed by atoms with Crippen molar-refractivity contribution in [3.8, 4) is 11.5 Å². The topological polar surface area (TPSA) is 54.0 Å². The van der Waals surface area contributed by atoms with E-state index in [1.54, 1.807) is 14.2 Å². The average Bonchev–Trinajstić information content (AvgIpc) is 2.72. The van der Waals surface area contributed by atoms with Gasteiger partial charge in [0.15, 0.2) is 11.5 Å². The molecule has 2 aliphatic rings. The van der Waals surface area contributed by atoms with E-state index in [9.17, 15) is 4.79 Å². The second-order valence-corrected chi connectivity index (χ2v) is 8.68. The molecule has 3 atom stereocenters. The predicted octanol–water partition coefficient (Wildman–Crippen LogP) is 2.76. The molecule has 6 nitrogen and oxygen atoms in total. The molecule has 1 saturated heterocycles. The first-order valence-corrected chi connectivity index (χ1v) is 10.9. The van der Waals surface area contributed by atoms with Crippen LogP contribution in [0.25, 0.3) is 0 Å². The zero-order chi connectivity index (χ0) is 20.8. The summed E-state index contributed by atoms with van der Waals surface area (Å²) in [6, 6.07) is 6.44. The van der Waals surface area contributed by atoms with Gasteiger partial charge in [-0.1, -0.05) is 32.8 Å². The maximum atomic E-state index is 12.5. The minimum Gasteiger partial charge on any atom is -0.493 e. The first kappa shape index (κ1) is 21.9. The lowest BCUT2D eigenvalue weighted by molar-refractivity contribution is -0.124. The van der Waals surface area contributed by atoms with Crippen LogP contribution < -0.4 is 14.8 Å². The molecular formula is C23H37N3O3. The molecule has 6 heteroatoms. The normalized spacial score (nSPS) is 26.1. The molecule has 1 N–H and O–H groups in total. The number of carbonyl (C=O) groups is 1. The van der Waals surface area contributed by atoms with Gasteiger partial charge in [0.1, 0.15) is 0 Å². The highest BCUT2D eigenvalue weighted by Crippen LogP contribution is 2.30. The summed E-state index contributed by atoms with van der Waals surface area (Å²) >= 11 is 0. The van der Waals surface area contributed by atoms with Gasteiger partial charge in [-0.25, -0.2) is 0 Å². The van der Waals surface area contributed by atoms with Crippen LogP contribution in [-0.2, 0) is 11.3 Å². The molecule has 1 aliphatic carbocycles. The zero-order valence-electron chi connectivity index (χ0n) is 18.4. The van der Waals surface area contributed by atoms with Crippen molar-refractivity contribution in [1.29, 1.82) is 0 Å². The van der Waals surface area contributed by atoms with Gasteiger partial charge in [-0.05, 0) is 36.0 Å². The molecule has 2 fully saturated rings. The number of carbonyl (C=O) groups excluding carboxylic acids is 1. The molecule has 0 bridgehead atoms. The number of piperazine rings is 1. The Morgan fingerprint density at radius 1 is 1.03 bits per heavy atom. The van der Waals surface area contributed by atoms with Crippen LogP contribution in [-0.4, -0.2) is 68.7 Å². The molecule has 0 unspecified atom stereocenters. The summed E-state index contributed by atoms with van der Waals surface area (Å²) in [7, 11) is 3.32. The molecular weight excluding hydrogens is 366 g/mol. The average molecular weight is 404 g/mol. The number of hydrogen-bond donors (Lipinski definition) is 1. The molecule has 1 aliphatic heterocycles. The zero-order valence-corrected chi connectivity index (χ0v) is 18.4. The Hall–Kier alpha value is -1.79. The number of hydrogen-bond acceptors (Lipinski definition) is 5. The Kier molecular flexibility index (Phi) is 7.78. The van der Waals surface area contributed by atoms with Crippen molar-refractivity contribution in [2.45, 2.75) is 45.7 Å². The number of nitrogens with one attached hydrogen (secondary N) is 1. The van der Waals surface area contributed by atoms with E-state index in [1.807, 2.05) is 12.1 Å². The summed E-state index contributed by atoms with van der Waals surface area (Å²) in [4.78, 5) is 17.2. The maximum Gasteiger partial charge on any atom is 0.234 e. The number of benzene rings is 1. The summed E-state index contributed by atoms with van der Waals surface area (Å²) in [5.41, 5.74) is 1.22. The molecule has 0 radical (unpaired) electrons. The van der Waals surface area contributed by atoms with Crippen LogP contribution in [0.5, 0.6) is 11.5 Å². The summed E-state index contributed by atoms with van der Waals surface area (Å²) in [5, 5.41) is 3.30. The number of rotatable bonds is 7. The van der Waals surface area contributed by atoms with E-state index in [0.717, 1.165) is 50.6 Å². The van der Waals surface area contributed by atoms with Crippen molar-refractivity contribution in [2.75, 3.05) is 46.9 Å². The minimum absolute atomic E-state index is 0.185. The van der Waals surface area contributed by atoms with Crippen LogP contribution in [0.4, 0.5) is 0 Å². The molecule has 1 heterocycles. The lowest BCUT2D eigenvalue weighted by atomic mass is 9.78. The molecule has 0 aromatic heterocycles. The predicted molar refractivity (Wildman–Crippen MR) is 115 cm³/mol. The van der Waals surface area contributed by atoms with Crippen LogP contribution >= 0.6 is 0 Å². The third kappa shape index (κ3) is 5.86. The van der Waals surface area contributed by atoms with E-state index < -0.39 is 0 Å². The van der Waals surface area contributed by atoms with Crippen molar-refractivity contribution in [3.05, 3.63) is 23.8 Å². The van der Waals surface area contributed by atoms with E-state index in [-0.39, 0.29) is 5.91 Å². The molecule has 1 aromatic carbocycles. The van der Waals surface area contributed by atoms with E-state index in [1.165, 1.54) is 18.4 Å². The largest absolute Gasteiger partial charge is 0.493 e. The Balaban J connectivity index is 1.43. The Morgan fingerprint density at radius 2 is 1.72 bits per heavy atom. The summed E-state index contributed by atoms with van der Waals surface area (Å²) < 4.78 is 10.7. The van der Waals surface area contributed by atoms with Crippen LogP contribution in [0.15, 0.2) is 18.2 Å². The molecule has 3 rings (SSSR count). The van der Waals surface area contributed by atoms with Crippen molar-refractivity contribution in [1.82, 2.24) is 15.1 Å². The van der Waals surface area contributed by atoms with Crippen molar-refractivity contribution >= 4 is 5.91 Å². The highest BCUT2D eigenvalue weighted by molar-refractivity contribution is 5.78. The second-order valence-electron chi connectivity index (χ2n) is 8.68. The first-order valence-electron chi connectivity index (χ1n) is 10.9. The third-order valence-electron chi connectivity index (χ3n) is 6.74. The lowest BCUT2D eigenvalue weighted by Crippen LogP contribution is -2.51. The number of methoxy groups -OCH3 is 2. The Bertz CT molecular complexity index is 673. The molecule has 1 amide bonds. The van der Waals surface area contributed by atoms with Gasteiger partial charge in [-0.3, -0.25) is 14.6 Å². The van der Waals surface area contributed by atoms with Crippen molar-refractivity contribution in [2.24, 2.45) is 11.8 Å². The summed E-state index contributed by atoms with van der Waals surface area (Å²) in [6.07, 6.45) is 3.64. The monoisotopic (exact) mass is 403 g/mol. The van der Waals surface area contributed by atoms with Gasteiger partial charge in [0.2, 0.25) is 5.91 Å². The molecule has 162 valence electrons. The van der Waals surface area contributed by atoms with Gasteiger partial charge in [0, 0.05) is 38.8 Å². The summed E-state index contributed by atoms with van der Waals surface area (Å²) in [5.74, 6) is 2.99. The second kappa shape index (κ2) is 10.3. The molecule has 1 aromatic rings. The standard InChI is InChI=1S/C23H37N3O3/c1-17-6-5-7-20(18(17)2)24-23(27)16-26-12-10-25(11-13-26)15-19-8-9-21(28-3)22(14-19)29-4/h8-9,14,17-18,20H,5-7,10-13,15-16H2,1-4H3,(H,24,27)/t17-,18-,20+/m1/s1. The minimum atomic E-state index is 0.185. The number of ether oxygens (including phenoxy) is 2. The number of amides is 1. The van der Waals surface area contributed by atoms with Gasteiger partial charge in [0.05, 0.1) is 20.8 Å². The molecule has 1 saturated carbocycles. The van der Waals surface area contributed by atoms with Crippen LogP contribution in [0.1, 0.15) is 38.7 Å². The van der Waals surface area contributed by atoms with Crippen LogP contribution in [0.3, 0.4) is 0 Å². The fourth-order valence-electron chi connectivity index (χ4n) is 4.58. The fourth-order valence-corrected chi connectivity index (χ4v) is 4.58. The van der Waals surface area contributed by atoms with Gasteiger partial charge in [-0.15, -0.1) is 0 Å². The first-order chi connectivity index (χ1) is 14.0. The molecule has 0 spiro atoms. The lowest BCUT2D eigenvalue weighted by Gasteiger charge is -2.37. The maximum absolute atomic E-state index is 12.5. The molecule has 29 heavy (non-hydrogen) atoms. The van der Waals surface area contributed by atoms with Gasteiger partial charge < -0.3 is 14.8 Å². The van der Waals surface area contributed by atoms with Gasteiger partial charge in [0.25, 0.3) is 0 Å². The van der Waals surface area contributed by atoms with E-state index >= 15 is 0 Å².